The Hall–Kier alpha value is -0.640. The molecule has 0 aliphatic rings. The van der Waals surface area contributed by atoms with E-state index in [0.29, 0.717) is 0 Å². The lowest BCUT2D eigenvalue weighted by Crippen LogP contribution is -1.88. The van der Waals surface area contributed by atoms with Gasteiger partial charge >= 0.3 is 0 Å². The standard InChI is InChI=1S/C5H3ClN2O2S2/c1-3-5(12(6,9)10)11-4(2-7)8-3/h1H3. The van der Waals surface area contributed by atoms with Gasteiger partial charge in [-0.3, -0.25) is 0 Å². The summed E-state index contributed by atoms with van der Waals surface area (Å²) in [5, 5.41) is 8.50. The van der Waals surface area contributed by atoms with Gasteiger partial charge in [-0.25, -0.2) is 13.4 Å². The minimum atomic E-state index is -3.75. The number of hydrogen-bond donors (Lipinski definition) is 0. The first-order chi connectivity index (χ1) is 5.45. The predicted octanol–water partition coefficient (Wildman–Crippen LogP) is 1.25. The summed E-state index contributed by atoms with van der Waals surface area (Å²) in [6, 6.07) is 1.74. The summed E-state index contributed by atoms with van der Waals surface area (Å²) in [6.07, 6.45) is 0. The first-order valence-electron chi connectivity index (χ1n) is 2.77. The van der Waals surface area contributed by atoms with Crippen LogP contribution in [-0.2, 0) is 9.05 Å². The van der Waals surface area contributed by atoms with Gasteiger partial charge < -0.3 is 0 Å². The van der Waals surface area contributed by atoms with Crippen molar-refractivity contribution in [2.24, 2.45) is 0 Å². The van der Waals surface area contributed by atoms with E-state index in [0.717, 1.165) is 11.3 Å². The van der Waals surface area contributed by atoms with Crippen molar-refractivity contribution in [2.45, 2.75) is 11.1 Å². The maximum absolute atomic E-state index is 10.8. The molecule has 1 heterocycles. The van der Waals surface area contributed by atoms with Crippen LogP contribution in [0.2, 0.25) is 0 Å². The number of aromatic nitrogens is 1. The fourth-order valence-corrected chi connectivity index (χ4v) is 2.91. The molecule has 1 aromatic heterocycles. The highest BCUT2D eigenvalue weighted by atomic mass is 35.7. The monoisotopic (exact) mass is 222 g/mol. The van der Waals surface area contributed by atoms with E-state index in [9.17, 15) is 8.42 Å². The van der Waals surface area contributed by atoms with E-state index in [4.69, 9.17) is 15.9 Å². The molecular weight excluding hydrogens is 220 g/mol. The Kier molecular flexibility index (Phi) is 2.37. The maximum Gasteiger partial charge on any atom is 0.272 e. The van der Waals surface area contributed by atoms with Crippen LogP contribution in [0.5, 0.6) is 0 Å². The molecule has 0 radical (unpaired) electrons. The van der Waals surface area contributed by atoms with Crippen molar-refractivity contribution in [1.82, 2.24) is 4.98 Å². The molecule has 4 nitrogen and oxygen atoms in total. The van der Waals surface area contributed by atoms with Gasteiger partial charge in [-0.05, 0) is 6.92 Å². The van der Waals surface area contributed by atoms with Crippen molar-refractivity contribution in [3.63, 3.8) is 0 Å². The average molecular weight is 223 g/mol. The summed E-state index contributed by atoms with van der Waals surface area (Å²) in [6.45, 7) is 1.49. The molecule has 12 heavy (non-hydrogen) atoms. The summed E-state index contributed by atoms with van der Waals surface area (Å²) < 4.78 is 21.6. The van der Waals surface area contributed by atoms with Crippen molar-refractivity contribution in [1.29, 1.82) is 5.26 Å². The average Bonchev–Trinajstić information content (AvgIpc) is 2.29. The lowest BCUT2D eigenvalue weighted by Gasteiger charge is -1.87. The zero-order valence-electron chi connectivity index (χ0n) is 5.91. The quantitative estimate of drug-likeness (QED) is 0.671. The van der Waals surface area contributed by atoms with E-state index in [-0.39, 0.29) is 14.9 Å². The molecule has 0 aliphatic heterocycles. The molecule has 0 saturated heterocycles. The van der Waals surface area contributed by atoms with E-state index in [1.54, 1.807) is 6.07 Å². The van der Waals surface area contributed by atoms with Gasteiger partial charge in [-0.2, -0.15) is 5.26 Å². The Balaban J connectivity index is 3.39. The summed E-state index contributed by atoms with van der Waals surface area (Å²) in [7, 11) is 1.32. The maximum atomic E-state index is 10.8. The van der Waals surface area contributed by atoms with Gasteiger partial charge in [-0.1, -0.05) is 11.3 Å². The zero-order chi connectivity index (χ0) is 9.35. The van der Waals surface area contributed by atoms with Crippen LogP contribution >= 0.6 is 22.0 Å². The number of nitrogens with zero attached hydrogens (tertiary/aromatic N) is 2. The van der Waals surface area contributed by atoms with E-state index in [2.05, 4.69) is 4.98 Å². The lowest BCUT2D eigenvalue weighted by atomic mass is 10.6. The zero-order valence-corrected chi connectivity index (χ0v) is 8.29. The van der Waals surface area contributed by atoms with Crippen LogP contribution in [0.15, 0.2) is 4.21 Å². The van der Waals surface area contributed by atoms with Crippen LogP contribution < -0.4 is 0 Å². The SMILES string of the molecule is Cc1nc(C#N)sc1S(=O)(=O)Cl. The van der Waals surface area contributed by atoms with Crippen LogP contribution in [-0.4, -0.2) is 13.4 Å². The van der Waals surface area contributed by atoms with Crippen LogP contribution in [0.4, 0.5) is 0 Å². The van der Waals surface area contributed by atoms with Gasteiger partial charge in [-0.15, -0.1) is 0 Å². The number of nitriles is 1. The van der Waals surface area contributed by atoms with Gasteiger partial charge in [0.25, 0.3) is 9.05 Å². The largest absolute Gasteiger partial charge is 0.272 e. The molecule has 64 valence electrons. The van der Waals surface area contributed by atoms with E-state index in [1.165, 1.54) is 6.92 Å². The van der Waals surface area contributed by atoms with Gasteiger partial charge in [0.2, 0.25) is 0 Å². The van der Waals surface area contributed by atoms with Crippen molar-refractivity contribution >= 4 is 31.1 Å². The second-order valence-electron chi connectivity index (χ2n) is 1.94. The van der Waals surface area contributed by atoms with Gasteiger partial charge in [0.1, 0.15) is 6.07 Å². The minimum absolute atomic E-state index is 0.0549. The third-order valence-corrected chi connectivity index (χ3v) is 4.31. The van der Waals surface area contributed by atoms with Crippen LogP contribution in [0.1, 0.15) is 10.7 Å². The Bertz CT molecular complexity index is 443. The molecule has 0 bridgehead atoms. The molecule has 0 fully saturated rings. The second kappa shape index (κ2) is 3.01. The molecule has 0 N–H and O–H groups in total. The summed E-state index contributed by atoms with van der Waals surface area (Å²) in [5.74, 6) is 0. The van der Waals surface area contributed by atoms with Gasteiger partial charge in [0.15, 0.2) is 9.22 Å². The fourth-order valence-electron chi connectivity index (χ4n) is 0.656. The van der Waals surface area contributed by atoms with Crippen molar-refractivity contribution in [3.8, 4) is 6.07 Å². The van der Waals surface area contributed by atoms with Crippen LogP contribution in [0, 0.1) is 18.3 Å². The molecule has 0 amide bonds. The third kappa shape index (κ3) is 1.75. The van der Waals surface area contributed by atoms with Crippen molar-refractivity contribution in [2.75, 3.05) is 0 Å². The first kappa shape index (κ1) is 9.45. The highest BCUT2D eigenvalue weighted by molar-refractivity contribution is 8.15. The Labute approximate surface area is 77.8 Å². The Morgan fingerprint density at radius 3 is 2.50 bits per heavy atom. The molecule has 7 heteroatoms. The topological polar surface area (TPSA) is 70.8 Å². The van der Waals surface area contributed by atoms with Crippen LogP contribution in [0.3, 0.4) is 0 Å². The van der Waals surface area contributed by atoms with Crippen molar-refractivity contribution in [3.05, 3.63) is 10.7 Å². The van der Waals surface area contributed by atoms with Crippen LogP contribution in [0.25, 0.3) is 0 Å². The Morgan fingerprint density at radius 2 is 2.25 bits per heavy atom. The number of aryl methyl sites for hydroxylation is 1. The van der Waals surface area contributed by atoms with Crippen molar-refractivity contribution < 1.29 is 8.42 Å². The third-order valence-electron chi connectivity index (χ3n) is 1.07. The number of rotatable bonds is 1. The minimum Gasteiger partial charge on any atom is -0.230 e. The van der Waals surface area contributed by atoms with Gasteiger partial charge in [0.05, 0.1) is 5.69 Å². The molecule has 1 aromatic rings. The van der Waals surface area contributed by atoms with E-state index < -0.39 is 9.05 Å². The normalized spacial score (nSPS) is 11.1. The highest BCUT2D eigenvalue weighted by Gasteiger charge is 2.18. The molecule has 1 rings (SSSR count). The molecule has 0 aromatic carbocycles. The molecule has 0 unspecified atom stereocenters. The summed E-state index contributed by atoms with van der Waals surface area (Å²) >= 11 is 0.774. The molecule has 0 atom stereocenters. The number of thiazole rings is 1. The smallest absolute Gasteiger partial charge is 0.230 e. The summed E-state index contributed by atoms with van der Waals surface area (Å²) in [4.78, 5) is 3.69. The molecule has 0 spiro atoms. The van der Waals surface area contributed by atoms with E-state index >= 15 is 0 Å². The molecule has 0 saturated carbocycles. The second-order valence-corrected chi connectivity index (χ2v) is 5.70. The first-order valence-corrected chi connectivity index (χ1v) is 5.90. The number of halogens is 1. The fraction of sp³-hybridized carbons (Fsp3) is 0.200. The predicted molar refractivity (Wildman–Crippen MR) is 44.6 cm³/mol. The highest BCUT2D eigenvalue weighted by Crippen LogP contribution is 2.25. The molecule has 0 aliphatic carbocycles. The Morgan fingerprint density at radius 1 is 1.67 bits per heavy atom. The van der Waals surface area contributed by atoms with Gasteiger partial charge in [0, 0.05) is 10.7 Å². The lowest BCUT2D eigenvalue weighted by molar-refractivity contribution is 0.610. The van der Waals surface area contributed by atoms with E-state index in [1.807, 2.05) is 0 Å². The summed E-state index contributed by atoms with van der Waals surface area (Å²) in [5.41, 5.74) is 0.270. The molecular formula is C5H3ClN2O2S2. The number of hydrogen-bond acceptors (Lipinski definition) is 5.